The average molecular weight is 232 g/mol. The normalized spacial score (nSPS) is 33.9. The van der Waals surface area contributed by atoms with Gasteiger partial charge in [0, 0.05) is 11.8 Å². The predicted octanol–water partition coefficient (Wildman–Crippen LogP) is 3.20. The van der Waals surface area contributed by atoms with Crippen LogP contribution in [0, 0.1) is 5.41 Å². The number of carbonyl (C=O) groups excluding carboxylic acids is 1. The van der Waals surface area contributed by atoms with E-state index in [0.29, 0.717) is 6.42 Å². The maximum Gasteiger partial charge on any atom is 0.158 e. The molecule has 2 heteroatoms. The van der Waals surface area contributed by atoms with Gasteiger partial charge in [-0.3, -0.25) is 4.79 Å². The molecule has 17 heavy (non-hydrogen) atoms. The van der Waals surface area contributed by atoms with Crippen LogP contribution in [0.5, 0.6) is 0 Å². The molecule has 1 heterocycles. The minimum atomic E-state index is -0.0396. The lowest BCUT2D eigenvalue weighted by atomic mass is 9.71. The molecule has 2 aliphatic rings. The summed E-state index contributed by atoms with van der Waals surface area (Å²) in [6.07, 6.45) is 5.42. The van der Waals surface area contributed by atoms with E-state index in [-0.39, 0.29) is 17.3 Å². The van der Waals surface area contributed by atoms with Gasteiger partial charge in [0.05, 0.1) is 12.7 Å². The van der Waals surface area contributed by atoms with Crippen molar-refractivity contribution in [2.24, 2.45) is 5.41 Å². The van der Waals surface area contributed by atoms with E-state index >= 15 is 0 Å². The van der Waals surface area contributed by atoms with Crippen molar-refractivity contribution in [2.75, 3.05) is 6.61 Å². The van der Waals surface area contributed by atoms with Gasteiger partial charge in [0.1, 0.15) is 0 Å². The van der Waals surface area contributed by atoms with Gasteiger partial charge in [-0.2, -0.15) is 0 Å². The molecular formula is C15H20O2. The number of allylic oxidation sites excluding steroid dienone is 3. The summed E-state index contributed by atoms with van der Waals surface area (Å²) >= 11 is 0. The Bertz CT molecular complexity index is 428. The third kappa shape index (κ3) is 2.02. The highest BCUT2D eigenvalue weighted by Gasteiger charge is 2.45. The van der Waals surface area contributed by atoms with E-state index in [1.54, 1.807) is 0 Å². The molecule has 2 nitrogen and oxygen atoms in total. The summed E-state index contributed by atoms with van der Waals surface area (Å²) < 4.78 is 5.86. The summed E-state index contributed by atoms with van der Waals surface area (Å²) in [5.41, 5.74) is 3.25. The number of fused-ring (bicyclic) bond motifs is 1. The number of ketones is 1. The molecule has 1 saturated heterocycles. The van der Waals surface area contributed by atoms with Crippen LogP contribution in [0.25, 0.3) is 0 Å². The Morgan fingerprint density at radius 3 is 2.94 bits per heavy atom. The maximum absolute atomic E-state index is 11.8. The largest absolute Gasteiger partial charge is 0.369 e. The molecule has 0 aromatic rings. The maximum atomic E-state index is 11.8. The van der Waals surface area contributed by atoms with Crippen molar-refractivity contribution in [3.63, 3.8) is 0 Å². The van der Waals surface area contributed by atoms with Gasteiger partial charge < -0.3 is 4.74 Å². The Balaban J connectivity index is 2.43. The van der Waals surface area contributed by atoms with Crippen LogP contribution in [-0.4, -0.2) is 18.5 Å². The standard InChI is InChI=1S/C15H20O2/c1-5-10(2)8-13-14-11(3)12(16)6-7-15(14,4)9-17-13/h5,8,13H,1,6-7,9H2,2-4H3/b10-8+/t13-,15+/m1/s1. The number of rotatable bonds is 2. The van der Waals surface area contributed by atoms with Crippen molar-refractivity contribution in [2.45, 2.75) is 39.7 Å². The van der Waals surface area contributed by atoms with E-state index < -0.39 is 0 Å². The van der Waals surface area contributed by atoms with Gasteiger partial charge in [0.2, 0.25) is 0 Å². The SMILES string of the molecule is C=C/C(C)=C/[C@H]1OC[C@]2(C)CCC(=O)C(C)=C12. The molecule has 2 rings (SSSR count). The second-order valence-electron chi connectivity index (χ2n) is 5.37. The summed E-state index contributed by atoms with van der Waals surface area (Å²) in [4.78, 5) is 11.8. The summed E-state index contributed by atoms with van der Waals surface area (Å²) in [6.45, 7) is 10.6. The summed E-state index contributed by atoms with van der Waals surface area (Å²) in [5, 5.41) is 0. The number of hydrogen-bond donors (Lipinski definition) is 0. The van der Waals surface area contributed by atoms with Gasteiger partial charge in [-0.15, -0.1) is 0 Å². The zero-order chi connectivity index (χ0) is 12.6. The molecule has 0 unspecified atom stereocenters. The summed E-state index contributed by atoms with van der Waals surface area (Å²) in [5.74, 6) is 0.276. The van der Waals surface area contributed by atoms with Gasteiger partial charge >= 0.3 is 0 Å². The molecule has 0 spiro atoms. The molecule has 1 aliphatic carbocycles. The fourth-order valence-corrected chi connectivity index (χ4v) is 2.82. The van der Waals surface area contributed by atoms with Gasteiger partial charge in [-0.25, -0.2) is 0 Å². The number of Topliss-reactive ketones (excluding diaryl/α,β-unsaturated/α-hetero) is 1. The van der Waals surface area contributed by atoms with Crippen LogP contribution in [0.4, 0.5) is 0 Å². The van der Waals surface area contributed by atoms with Crippen molar-refractivity contribution < 1.29 is 9.53 Å². The van der Waals surface area contributed by atoms with Gasteiger partial charge in [-0.05, 0) is 37.5 Å². The molecule has 0 aromatic carbocycles. The van der Waals surface area contributed by atoms with Crippen LogP contribution in [0.3, 0.4) is 0 Å². The molecule has 1 aliphatic heterocycles. The first-order valence-corrected chi connectivity index (χ1v) is 6.15. The second kappa shape index (κ2) is 4.26. The molecule has 0 bridgehead atoms. The van der Waals surface area contributed by atoms with Crippen molar-refractivity contribution >= 4 is 5.78 Å². The van der Waals surface area contributed by atoms with Crippen LogP contribution in [0.2, 0.25) is 0 Å². The topological polar surface area (TPSA) is 26.3 Å². The van der Waals surface area contributed by atoms with E-state index in [2.05, 4.69) is 19.6 Å². The Kier molecular flexibility index (Phi) is 3.09. The highest BCUT2D eigenvalue weighted by Crippen LogP contribution is 2.47. The zero-order valence-corrected chi connectivity index (χ0v) is 10.9. The molecular weight excluding hydrogens is 212 g/mol. The van der Waals surface area contributed by atoms with Gasteiger partial charge in [0.25, 0.3) is 0 Å². The fourth-order valence-electron chi connectivity index (χ4n) is 2.82. The summed E-state index contributed by atoms with van der Waals surface area (Å²) in [6, 6.07) is 0. The highest BCUT2D eigenvalue weighted by atomic mass is 16.5. The van der Waals surface area contributed by atoms with Crippen LogP contribution >= 0.6 is 0 Å². The first-order chi connectivity index (χ1) is 7.98. The Hall–Kier alpha value is -1.15. The van der Waals surface area contributed by atoms with Gasteiger partial charge in [0.15, 0.2) is 5.78 Å². The van der Waals surface area contributed by atoms with E-state index in [9.17, 15) is 4.79 Å². The van der Waals surface area contributed by atoms with E-state index in [0.717, 1.165) is 24.2 Å². The first-order valence-electron chi connectivity index (χ1n) is 6.15. The monoisotopic (exact) mass is 232 g/mol. The van der Waals surface area contributed by atoms with E-state index in [4.69, 9.17) is 4.74 Å². The number of ether oxygens (including phenoxy) is 1. The smallest absolute Gasteiger partial charge is 0.158 e. The molecule has 0 amide bonds. The second-order valence-corrected chi connectivity index (χ2v) is 5.37. The molecule has 0 saturated carbocycles. The average Bonchev–Trinajstić information content (AvgIpc) is 2.63. The minimum Gasteiger partial charge on any atom is -0.369 e. The molecule has 0 aromatic heterocycles. The zero-order valence-electron chi connectivity index (χ0n) is 10.9. The lowest BCUT2D eigenvalue weighted by molar-refractivity contribution is -0.116. The molecule has 92 valence electrons. The summed E-state index contributed by atoms with van der Waals surface area (Å²) in [7, 11) is 0. The van der Waals surface area contributed by atoms with E-state index in [1.165, 1.54) is 5.57 Å². The van der Waals surface area contributed by atoms with Crippen molar-refractivity contribution in [3.8, 4) is 0 Å². The number of carbonyl (C=O) groups is 1. The number of hydrogen-bond acceptors (Lipinski definition) is 2. The lowest BCUT2D eigenvalue weighted by Crippen LogP contribution is -2.28. The first kappa shape index (κ1) is 12.3. The van der Waals surface area contributed by atoms with Crippen LogP contribution < -0.4 is 0 Å². The Labute approximate surface area is 103 Å². The molecule has 0 radical (unpaired) electrons. The Morgan fingerprint density at radius 2 is 2.29 bits per heavy atom. The fraction of sp³-hybridized carbons (Fsp3) is 0.533. The Morgan fingerprint density at radius 1 is 1.59 bits per heavy atom. The quantitative estimate of drug-likeness (QED) is 0.683. The van der Waals surface area contributed by atoms with Crippen LogP contribution in [0.1, 0.15) is 33.6 Å². The van der Waals surface area contributed by atoms with Gasteiger partial charge in [-0.1, -0.05) is 25.2 Å². The minimum absolute atomic E-state index is 0.0396. The predicted molar refractivity (Wildman–Crippen MR) is 68.7 cm³/mol. The highest BCUT2D eigenvalue weighted by molar-refractivity contribution is 5.97. The van der Waals surface area contributed by atoms with Crippen molar-refractivity contribution in [1.29, 1.82) is 0 Å². The molecule has 1 fully saturated rings. The van der Waals surface area contributed by atoms with Crippen molar-refractivity contribution in [3.05, 3.63) is 35.5 Å². The van der Waals surface area contributed by atoms with Crippen LogP contribution in [-0.2, 0) is 9.53 Å². The van der Waals surface area contributed by atoms with Crippen LogP contribution in [0.15, 0.2) is 35.5 Å². The van der Waals surface area contributed by atoms with E-state index in [1.807, 2.05) is 19.9 Å². The third-order valence-corrected chi connectivity index (χ3v) is 3.98. The third-order valence-electron chi connectivity index (χ3n) is 3.98. The van der Waals surface area contributed by atoms with Crippen molar-refractivity contribution in [1.82, 2.24) is 0 Å². The molecule has 0 N–H and O–H groups in total. The lowest BCUT2D eigenvalue weighted by Gasteiger charge is -2.30. The molecule has 2 atom stereocenters.